The molecular formula is C17H32O4Si. The van der Waals surface area contributed by atoms with Gasteiger partial charge in [-0.3, -0.25) is 0 Å². The predicted octanol–water partition coefficient (Wildman–Crippen LogP) is 3.63. The van der Waals surface area contributed by atoms with Crippen molar-refractivity contribution in [2.24, 2.45) is 0 Å². The van der Waals surface area contributed by atoms with Crippen molar-refractivity contribution in [1.29, 1.82) is 0 Å². The van der Waals surface area contributed by atoms with Gasteiger partial charge in [-0.15, -0.1) is 13.2 Å². The molecule has 1 fully saturated rings. The van der Waals surface area contributed by atoms with Crippen LogP contribution in [0.15, 0.2) is 25.3 Å². The van der Waals surface area contributed by atoms with Crippen LogP contribution in [0.2, 0.25) is 18.1 Å². The predicted molar refractivity (Wildman–Crippen MR) is 92.3 cm³/mol. The normalized spacial score (nSPS) is 28.2. The Balaban J connectivity index is 2.93. The third-order valence-electron chi connectivity index (χ3n) is 4.68. The van der Waals surface area contributed by atoms with Crippen molar-refractivity contribution >= 4 is 8.32 Å². The molecule has 0 bridgehead atoms. The molecule has 3 atom stereocenters. The van der Waals surface area contributed by atoms with E-state index in [2.05, 4.69) is 47.0 Å². The minimum absolute atomic E-state index is 0.0687. The van der Waals surface area contributed by atoms with Gasteiger partial charge in [-0.05, 0) is 32.0 Å². The second-order valence-electron chi connectivity index (χ2n) is 8.00. The molecule has 0 amide bonds. The third kappa shape index (κ3) is 4.09. The molecule has 1 rings (SSSR count). The van der Waals surface area contributed by atoms with Crippen molar-refractivity contribution in [2.75, 3.05) is 6.61 Å². The maximum absolute atomic E-state index is 11.0. The highest BCUT2D eigenvalue weighted by atomic mass is 28.4. The van der Waals surface area contributed by atoms with Crippen molar-refractivity contribution in [3.05, 3.63) is 25.3 Å². The van der Waals surface area contributed by atoms with E-state index < -0.39 is 31.9 Å². The van der Waals surface area contributed by atoms with Crippen LogP contribution < -0.4 is 0 Å². The fourth-order valence-electron chi connectivity index (χ4n) is 2.12. The molecule has 0 aliphatic carbocycles. The number of hydrogen-bond donors (Lipinski definition) is 1. The Morgan fingerprint density at radius 1 is 1.23 bits per heavy atom. The molecule has 0 aromatic heterocycles. The van der Waals surface area contributed by atoms with Crippen LogP contribution >= 0.6 is 0 Å². The number of rotatable bonds is 6. The Morgan fingerprint density at radius 3 is 2.18 bits per heavy atom. The van der Waals surface area contributed by atoms with Crippen molar-refractivity contribution in [2.45, 2.75) is 76.3 Å². The molecule has 1 heterocycles. The van der Waals surface area contributed by atoms with Crippen LogP contribution in [-0.4, -0.2) is 43.6 Å². The van der Waals surface area contributed by atoms with Crippen LogP contribution in [0.1, 0.15) is 34.6 Å². The largest absolute Gasteiger partial charge is 0.413 e. The molecule has 0 spiro atoms. The summed E-state index contributed by atoms with van der Waals surface area (Å²) in [7, 11) is -1.98. The van der Waals surface area contributed by atoms with Crippen LogP contribution in [-0.2, 0) is 13.9 Å². The molecular weight excluding hydrogens is 296 g/mol. The molecule has 1 saturated heterocycles. The Bertz CT molecular complexity index is 425. The summed E-state index contributed by atoms with van der Waals surface area (Å²) >= 11 is 0. The Kier molecular flexibility index (Phi) is 5.53. The van der Waals surface area contributed by atoms with Crippen molar-refractivity contribution in [3.63, 3.8) is 0 Å². The SMILES string of the molecule is C=C[C@@H]1OC(C)(C)O[C@@H]1C(O)(C=C)CO[Si](C)(C)C(C)(C)C. The Labute approximate surface area is 136 Å². The van der Waals surface area contributed by atoms with Gasteiger partial charge in [0, 0.05) is 0 Å². The van der Waals surface area contributed by atoms with Gasteiger partial charge in [-0.1, -0.05) is 32.9 Å². The molecule has 0 aromatic carbocycles. The topological polar surface area (TPSA) is 47.9 Å². The van der Waals surface area contributed by atoms with E-state index in [1.54, 1.807) is 6.08 Å². The quantitative estimate of drug-likeness (QED) is 0.597. The Hall–Kier alpha value is -0.463. The molecule has 0 aromatic rings. The van der Waals surface area contributed by atoms with E-state index in [4.69, 9.17) is 13.9 Å². The van der Waals surface area contributed by atoms with E-state index in [1.807, 2.05) is 13.8 Å². The van der Waals surface area contributed by atoms with Crippen LogP contribution in [0.5, 0.6) is 0 Å². The Morgan fingerprint density at radius 2 is 1.77 bits per heavy atom. The molecule has 1 aliphatic rings. The summed E-state index contributed by atoms with van der Waals surface area (Å²) in [5.74, 6) is -0.766. The zero-order chi connectivity index (χ0) is 17.4. The summed E-state index contributed by atoms with van der Waals surface area (Å²) in [5, 5.41) is 11.1. The fourth-order valence-corrected chi connectivity index (χ4v) is 3.14. The highest BCUT2D eigenvalue weighted by Crippen LogP contribution is 2.39. The second-order valence-corrected chi connectivity index (χ2v) is 12.8. The van der Waals surface area contributed by atoms with Gasteiger partial charge >= 0.3 is 0 Å². The minimum Gasteiger partial charge on any atom is -0.413 e. The lowest BCUT2D eigenvalue weighted by Crippen LogP contribution is -2.53. The fraction of sp³-hybridized carbons (Fsp3) is 0.765. The molecule has 1 unspecified atom stereocenters. The van der Waals surface area contributed by atoms with Gasteiger partial charge in [-0.25, -0.2) is 0 Å². The van der Waals surface area contributed by atoms with Gasteiger partial charge in [0.15, 0.2) is 14.1 Å². The summed E-state index contributed by atoms with van der Waals surface area (Å²) in [6.07, 6.45) is 2.16. The van der Waals surface area contributed by atoms with Crippen molar-refractivity contribution < 1.29 is 19.0 Å². The summed E-state index contributed by atoms with van der Waals surface area (Å²) in [6, 6.07) is 0. The summed E-state index contributed by atoms with van der Waals surface area (Å²) < 4.78 is 17.8. The van der Waals surface area contributed by atoms with E-state index in [0.717, 1.165) is 0 Å². The zero-order valence-electron chi connectivity index (χ0n) is 15.1. The lowest BCUT2D eigenvalue weighted by atomic mass is 9.93. The molecule has 1 N–H and O–H groups in total. The van der Waals surface area contributed by atoms with E-state index in [9.17, 15) is 5.11 Å². The highest BCUT2D eigenvalue weighted by Gasteiger charge is 2.51. The van der Waals surface area contributed by atoms with Crippen LogP contribution in [0, 0.1) is 0 Å². The highest BCUT2D eigenvalue weighted by molar-refractivity contribution is 6.74. The minimum atomic E-state index is -1.98. The van der Waals surface area contributed by atoms with E-state index in [0.29, 0.717) is 0 Å². The lowest BCUT2D eigenvalue weighted by Gasteiger charge is -2.40. The molecule has 128 valence electrons. The molecule has 22 heavy (non-hydrogen) atoms. The van der Waals surface area contributed by atoms with Gasteiger partial charge in [-0.2, -0.15) is 0 Å². The maximum Gasteiger partial charge on any atom is 0.192 e. The molecule has 0 radical (unpaired) electrons. The van der Waals surface area contributed by atoms with Gasteiger partial charge < -0.3 is 19.0 Å². The van der Waals surface area contributed by atoms with E-state index >= 15 is 0 Å². The van der Waals surface area contributed by atoms with Gasteiger partial charge in [0.05, 0.1) is 6.61 Å². The van der Waals surface area contributed by atoms with Crippen molar-refractivity contribution in [1.82, 2.24) is 0 Å². The molecule has 0 saturated carbocycles. The first-order chi connectivity index (χ1) is 9.78. The van der Waals surface area contributed by atoms with E-state index in [-0.39, 0.29) is 11.6 Å². The van der Waals surface area contributed by atoms with Gasteiger partial charge in [0.25, 0.3) is 0 Å². The number of aliphatic hydroxyl groups is 1. The zero-order valence-corrected chi connectivity index (χ0v) is 16.1. The van der Waals surface area contributed by atoms with Crippen LogP contribution in [0.25, 0.3) is 0 Å². The standard InChI is InChI=1S/C17H32O4Si/c1-10-13-14(21-16(6,7)20-13)17(18,11-2)12-19-22(8,9)15(3,4)5/h10-11,13-14,18H,1-2,12H2,3-9H3/t13-,14-,17?/m0/s1. The average molecular weight is 329 g/mol. The first kappa shape index (κ1) is 19.6. The molecule has 4 nitrogen and oxygen atoms in total. The monoisotopic (exact) mass is 328 g/mol. The average Bonchev–Trinajstić information content (AvgIpc) is 2.70. The first-order valence-electron chi connectivity index (χ1n) is 7.76. The lowest BCUT2D eigenvalue weighted by molar-refractivity contribution is -0.166. The maximum atomic E-state index is 11.0. The number of hydrogen-bond acceptors (Lipinski definition) is 4. The van der Waals surface area contributed by atoms with E-state index in [1.165, 1.54) is 6.08 Å². The van der Waals surface area contributed by atoms with Crippen molar-refractivity contribution in [3.8, 4) is 0 Å². The molecule has 1 aliphatic heterocycles. The first-order valence-corrected chi connectivity index (χ1v) is 10.7. The van der Waals surface area contributed by atoms with Crippen LogP contribution in [0.3, 0.4) is 0 Å². The second kappa shape index (κ2) is 6.21. The van der Waals surface area contributed by atoms with Crippen LogP contribution in [0.4, 0.5) is 0 Å². The molecule has 5 heteroatoms. The summed E-state index contributed by atoms with van der Waals surface area (Å²) in [6.45, 7) is 22.1. The summed E-state index contributed by atoms with van der Waals surface area (Å²) in [5.41, 5.74) is -1.32. The summed E-state index contributed by atoms with van der Waals surface area (Å²) in [4.78, 5) is 0. The smallest absolute Gasteiger partial charge is 0.192 e. The third-order valence-corrected chi connectivity index (χ3v) is 9.16. The van der Waals surface area contributed by atoms with Gasteiger partial charge in [0.1, 0.15) is 17.8 Å². The van der Waals surface area contributed by atoms with Gasteiger partial charge in [0.2, 0.25) is 0 Å². The number of ether oxygens (including phenoxy) is 2.